The third kappa shape index (κ3) is 5.38. The van der Waals surface area contributed by atoms with Crippen LogP contribution in [-0.2, 0) is 17.9 Å². The number of carbonyl (C=O) groups is 2. The van der Waals surface area contributed by atoms with Crippen LogP contribution in [0.1, 0.15) is 16.7 Å². The molecule has 0 saturated carbocycles. The highest BCUT2D eigenvalue weighted by molar-refractivity contribution is 9.10. The Labute approximate surface area is 207 Å². The van der Waals surface area contributed by atoms with Crippen LogP contribution in [0.3, 0.4) is 0 Å². The molecule has 0 atom stereocenters. The first kappa shape index (κ1) is 23.3. The van der Waals surface area contributed by atoms with E-state index in [0.29, 0.717) is 25.8 Å². The van der Waals surface area contributed by atoms with Gasteiger partial charge in [0.25, 0.3) is 5.91 Å². The van der Waals surface area contributed by atoms with Gasteiger partial charge >= 0.3 is 6.03 Å². The molecule has 4 rings (SSSR count). The summed E-state index contributed by atoms with van der Waals surface area (Å²) in [6.45, 7) is 0.117. The van der Waals surface area contributed by atoms with Crippen LogP contribution >= 0.6 is 39.1 Å². The molecule has 5 nitrogen and oxygen atoms in total. The van der Waals surface area contributed by atoms with Crippen molar-refractivity contribution in [1.82, 2.24) is 10.2 Å². The van der Waals surface area contributed by atoms with Gasteiger partial charge in [-0.15, -0.1) is 0 Å². The van der Waals surface area contributed by atoms with Crippen LogP contribution in [0.15, 0.2) is 70.8 Å². The lowest BCUT2D eigenvalue weighted by Gasteiger charge is -2.12. The second-order valence-corrected chi connectivity index (χ2v) is 8.90. The molecule has 9 heteroatoms. The number of nitrogens with zero attached hydrogens (tertiary/aromatic N) is 1. The van der Waals surface area contributed by atoms with Crippen molar-refractivity contribution >= 4 is 57.1 Å². The lowest BCUT2D eigenvalue weighted by molar-refractivity contribution is -0.123. The Bertz CT molecular complexity index is 1240. The molecular weight excluding hydrogens is 534 g/mol. The fourth-order valence-corrected chi connectivity index (χ4v) is 4.33. The van der Waals surface area contributed by atoms with Gasteiger partial charge in [0.05, 0.1) is 16.0 Å². The van der Waals surface area contributed by atoms with E-state index < -0.39 is 17.8 Å². The number of hydrogen-bond acceptors (Lipinski definition) is 3. The van der Waals surface area contributed by atoms with Gasteiger partial charge in [0.1, 0.15) is 18.1 Å². The third-order valence-corrected chi connectivity index (χ3v) is 6.00. The van der Waals surface area contributed by atoms with E-state index in [1.54, 1.807) is 36.4 Å². The molecule has 1 aliphatic heterocycles. The Kier molecular flexibility index (Phi) is 7.02. The summed E-state index contributed by atoms with van der Waals surface area (Å²) < 4.78 is 20.3. The van der Waals surface area contributed by atoms with E-state index in [1.807, 2.05) is 12.1 Å². The first-order valence-electron chi connectivity index (χ1n) is 9.76. The molecule has 0 bridgehead atoms. The van der Waals surface area contributed by atoms with Gasteiger partial charge in [-0.2, -0.15) is 0 Å². The largest absolute Gasteiger partial charge is 0.486 e. The Morgan fingerprint density at radius 3 is 2.48 bits per heavy atom. The Morgan fingerprint density at radius 2 is 1.79 bits per heavy atom. The first-order chi connectivity index (χ1) is 15.8. The predicted octanol–water partition coefficient (Wildman–Crippen LogP) is 6.57. The van der Waals surface area contributed by atoms with Crippen molar-refractivity contribution in [1.29, 1.82) is 0 Å². The third-order valence-electron chi connectivity index (χ3n) is 4.88. The predicted molar refractivity (Wildman–Crippen MR) is 128 cm³/mol. The molecule has 3 aromatic carbocycles. The maximum absolute atomic E-state index is 13.9. The number of nitrogens with one attached hydrogen (secondary N) is 1. The molecule has 0 aromatic heterocycles. The molecule has 168 valence electrons. The molecule has 1 saturated heterocycles. The van der Waals surface area contributed by atoms with Crippen molar-refractivity contribution in [3.8, 4) is 5.75 Å². The highest BCUT2D eigenvalue weighted by Gasteiger charge is 2.34. The van der Waals surface area contributed by atoms with Crippen molar-refractivity contribution in [2.75, 3.05) is 0 Å². The van der Waals surface area contributed by atoms with Crippen molar-refractivity contribution in [2.45, 2.75) is 13.2 Å². The Balaban J connectivity index is 1.50. The van der Waals surface area contributed by atoms with Crippen molar-refractivity contribution in [3.05, 3.63) is 103 Å². The molecular formula is C24H16BrCl2FN2O3. The van der Waals surface area contributed by atoms with Gasteiger partial charge in [-0.3, -0.25) is 9.69 Å². The van der Waals surface area contributed by atoms with E-state index in [2.05, 4.69) is 21.2 Å². The summed E-state index contributed by atoms with van der Waals surface area (Å²) in [7, 11) is 0. The smallest absolute Gasteiger partial charge is 0.329 e. The number of benzene rings is 3. The van der Waals surface area contributed by atoms with Crippen LogP contribution in [0.4, 0.5) is 9.18 Å². The molecule has 1 heterocycles. The molecule has 1 N–H and O–H groups in total. The van der Waals surface area contributed by atoms with E-state index in [1.165, 1.54) is 18.2 Å². The van der Waals surface area contributed by atoms with Gasteiger partial charge in [-0.05, 0) is 63.5 Å². The van der Waals surface area contributed by atoms with E-state index in [-0.39, 0.29) is 24.4 Å². The van der Waals surface area contributed by atoms with E-state index in [0.717, 1.165) is 10.5 Å². The number of imide groups is 1. The molecule has 1 fully saturated rings. The summed E-state index contributed by atoms with van der Waals surface area (Å²) in [4.78, 5) is 26.0. The quantitative estimate of drug-likeness (QED) is 0.279. The summed E-state index contributed by atoms with van der Waals surface area (Å²) >= 11 is 15.7. The van der Waals surface area contributed by atoms with Crippen molar-refractivity contribution < 1.29 is 18.7 Å². The van der Waals surface area contributed by atoms with Gasteiger partial charge in [-0.1, -0.05) is 53.5 Å². The van der Waals surface area contributed by atoms with Crippen molar-refractivity contribution in [3.63, 3.8) is 0 Å². The van der Waals surface area contributed by atoms with E-state index >= 15 is 0 Å². The Hall–Kier alpha value is -2.87. The molecule has 0 unspecified atom stereocenters. The molecule has 3 amide bonds. The van der Waals surface area contributed by atoms with Gasteiger partial charge in [0.15, 0.2) is 5.75 Å². The number of amides is 3. The first-order valence-corrected chi connectivity index (χ1v) is 11.3. The summed E-state index contributed by atoms with van der Waals surface area (Å²) in [5.74, 6) is -0.601. The lowest BCUT2D eigenvalue weighted by atomic mass is 10.1. The Morgan fingerprint density at radius 1 is 1.06 bits per heavy atom. The minimum atomic E-state index is -0.623. The van der Waals surface area contributed by atoms with Gasteiger partial charge in [0.2, 0.25) is 0 Å². The zero-order valence-electron chi connectivity index (χ0n) is 16.9. The minimum Gasteiger partial charge on any atom is -0.486 e. The molecule has 0 spiro atoms. The molecule has 0 radical (unpaired) electrons. The maximum atomic E-state index is 13.9. The SMILES string of the molecule is O=C1N/C(=C/c2cc(Cl)c(OCc3ccc(Cl)cc3)c(Br)c2)C(=O)N1Cc1ccccc1F. The van der Waals surface area contributed by atoms with Crippen LogP contribution in [0.25, 0.3) is 6.08 Å². The number of ether oxygens (including phenoxy) is 1. The van der Waals surface area contributed by atoms with Crippen LogP contribution < -0.4 is 10.1 Å². The van der Waals surface area contributed by atoms with Crippen LogP contribution in [0.5, 0.6) is 5.75 Å². The average Bonchev–Trinajstić information content (AvgIpc) is 3.03. The summed E-state index contributed by atoms with van der Waals surface area (Å²) in [5, 5.41) is 3.48. The summed E-state index contributed by atoms with van der Waals surface area (Å²) in [6.07, 6.45) is 1.50. The van der Waals surface area contributed by atoms with Crippen LogP contribution in [-0.4, -0.2) is 16.8 Å². The van der Waals surface area contributed by atoms with Crippen LogP contribution in [0, 0.1) is 5.82 Å². The standard InChI is InChI=1S/C24H16BrCl2FN2O3/c25-18-9-15(10-19(27)22(18)33-13-14-5-7-17(26)8-6-14)11-21-23(31)30(24(32)29-21)12-16-3-1-2-4-20(16)28/h1-11H,12-13H2,(H,29,32)/b21-11+. The highest BCUT2D eigenvalue weighted by Crippen LogP contribution is 2.36. The maximum Gasteiger partial charge on any atom is 0.329 e. The molecule has 3 aromatic rings. The number of hydrogen-bond donors (Lipinski definition) is 1. The van der Waals surface area contributed by atoms with Crippen LogP contribution in [0.2, 0.25) is 10.0 Å². The fourth-order valence-electron chi connectivity index (χ4n) is 3.22. The number of carbonyl (C=O) groups excluding carboxylic acids is 2. The van der Waals surface area contributed by atoms with Gasteiger partial charge < -0.3 is 10.1 Å². The minimum absolute atomic E-state index is 0.0640. The topological polar surface area (TPSA) is 58.6 Å². The molecule has 0 aliphatic carbocycles. The second kappa shape index (κ2) is 9.95. The fraction of sp³-hybridized carbons (Fsp3) is 0.0833. The number of urea groups is 1. The van der Waals surface area contributed by atoms with E-state index in [9.17, 15) is 14.0 Å². The molecule has 1 aliphatic rings. The van der Waals surface area contributed by atoms with E-state index in [4.69, 9.17) is 27.9 Å². The molecule has 33 heavy (non-hydrogen) atoms. The lowest BCUT2D eigenvalue weighted by Crippen LogP contribution is -2.30. The zero-order valence-corrected chi connectivity index (χ0v) is 20.0. The normalized spacial score (nSPS) is 14.7. The summed E-state index contributed by atoms with van der Waals surface area (Å²) in [5.41, 5.74) is 1.80. The second-order valence-electron chi connectivity index (χ2n) is 7.20. The van der Waals surface area contributed by atoms with Gasteiger partial charge in [-0.25, -0.2) is 9.18 Å². The zero-order chi connectivity index (χ0) is 23.5. The average molecular weight is 550 g/mol. The monoisotopic (exact) mass is 548 g/mol. The number of halogens is 4. The van der Waals surface area contributed by atoms with Crippen molar-refractivity contribution in [2.24, 2.45) is 0 Å². The highest BCUT2D eigenvalue weighted by atomic mass is 79.9. The summed E-state index contributed by atoms with van der Waals surface area (Å²) in [6, 6.07) is 16.0. The number of rotatable bonds is 6. The van der Waals surface area contributed by atoms with Gasteiger partial charge in [0, 0.05) is 10.6 Å².